The molecule has 0 fully saturated rings. The van der Waals surface area contributed by atoms with Gasteiger partial charge < -0.3 is 9.59 Å². The summed E-state index contributed by atoms with van der Waals surface area (Å²) in [5.41, 5.74) is 0. The van der Waals surface area contributed by atoms with Gasteiger partial charge in [-0.3, -0.25) is 13.6 Å². The molecule has 0 bridgehead atoms. The van der Waals surface area contributed by atoms with Gasteiger partial charge in [0.2, 0.25) is 0 Å². The van der Waals surface area contributed by atoms with Crippen molar-refractivity contribution in [1.29, 1.82) is 0 Å². The zero-order valence-corrected chi connectivity index (χ0v) is 29.7. The molecule has 0 atom stereocenters. The molecule has 6 aromatic rings. The minimum absolute atomic E-state index is 0.346. The molecule has 0 aromatic heterocycles. The van der Waals surface area contributed by atoms with Crippen LogP contribution in [0.25, 0.3) is 0 Å². The molecule has 6 aromatic carbocycles. The summed E-state index contributed by atoms with van der Waals surface area (Å²) in [6, 6.07) is 65.0. The van der Waals surface area contributed by atoms with E-state index >= 15 is 0 Å². The molecule has 45 heavy (non-hydrogen) atoms. The fourth-order valence-electron chi connectivity index (χ4n) is 4.63. The van der Waals surface area contributed by atoms with Crippen molar-refractivity contribution in [3.63, 3.8) is 0 Å². The van der Waals surface area contributed by atoms with E-state index in [0.717, 1.165) is 0 Å². The summed E-state index contributed by atoms with van der Waals surface area (Å²) in [6.07, 6.45) is 0. The van der Waals surface area contributed by atoms with Gasteiger partial charge in [0.05, 0.1) is 15.8 Å². The van der Waals surface area contributed by atoms with Gasteiger partial charge in [-0.15, -0.1) is 0 Å². The van der Waals surface area contributed by atoms with Gasteiger partial charge in [-0.05, 0) is 72.8 Å². The standard InChI is InChI=1S/2C18H15P.2CHO.2ClH.Ru/c2*1-4-10-16(11-5-1)19(17-12-6-2-7-13-17)18-14-8-3-9-15-18;2*1-2;;;/h2*1-15H;2*1H;2*1H;/q;;2*-1;;;+4. The second-order valence-corrected chi connectivity index (χ2v) is 16.6. The van der Waals surface area contributed by atoms with E-state index in [1.54, 1.807) is 0 Å². The van der Waals surface area contributed by atoms with Crippen molar-refractivity contribution in [3.8, 4) is 0 Å². The SMILES string of the molecule is [CH-]=O.[CH-]=O.[Cl][Ru+2][Cl].c1ccc([PH+](c2ccccc2)c2ccccc2)cc1.c1ccc([PH+](c2ccccc2)c2ccccc2)cc1. The summed E-state index contributed by atoms with van der Waals surface area (Å²) in [5, 5.41) is 8.61. The topological polar surface area (TPSA) is 34.1 Å². The monoisotopic (exact) mass is 756 g/mol. The second kappa shape index (κ2) is 24.0. The van der Waals surface area contributed by atoms with Crippen molar-refractivity contribution in [2.24, 2.45) is 0 Å². The maximum atomic E-state index is 7.75. The molecule has 0 saturated heterocycles. The molecule has 6 rings (SSSR count). The largest absolute Gasteiger partial charge is 0.102 e. The van der Waals surface area contributed by atoms with E-state index in [1.165, 1.54) is 31.8 Å². The first-order valence-electron chi connectivity index (χ1n) is 13.7. The van der Waals surface area contributed by atoms with Crippen LogP contribution in [0.1, 0.15) is 0 Å². The third-order valence-corrected chi connectivity index (χ3v) is 11.8. The zero-order valence-electron chi connectivity index (χ0n) is 24.4. The number of hydrogen-bond acceptors (Lipinski definition) is 2. The van der Waals surface area contributed by atoms with E-state index in [1.807, 2.05) is 0 Å². The van der Waals surface area contributed by atoms with Crippen LogP contribution in [0.4, 0.5) is 0 Å². The Labute approximate surface area is 285 Å². The van der Waals surface area contributed by atoms with Gasteiger partial charge >= 0.3 is 34.5 Å². The van der Waals surface area contributed by atoms with Crippen LogP contribution in [0.3, 0.4) is 0 Å². The minimum atomic E-state index is -0.877. The van der Waals surface area contributed by atoms with Crippen molar-refractivity contribution < 1.29 is 24.7 Å². The Balaban J connectivity index is 0.000000262. The molecule has 0 heterocycles. The normalized spacial score (nSPS) is 9.51. The smallest absolute Gasteiger partial charge is 0.0620 e. The van der Waals surface area contributed by atoms with Gasteiger partial charge in [0.1, 0.15) is 31.8 Å². The van der Waals surface area contributed by atoms with Crippen molar-refractivity contribution in [2.75, 3.05) is 0 Å². The van der Waals surface area contributed by atoms with E-state index in [0.29, 0.717) is 0 Å². The van der Waals surface area contributed by atoms with Crippen molar-refractivity contribution in [3.05, 3.63) is 182 Å². The van der Waals surface area contributed by atoms with Crippen LogP contribution in [-0.4, -0.2) is 13.6 Å². The average Bonchev–Trinajstić information content (AvgIpc) is 3.14. The van der Waals surface area contributed by atoms with Crippen molar-refractivity contribution in [2.45, 2.75) is 0 Å². The number of rotatable bonds is 6. The van der Waals surface area contributed by atoms with Crippen LogP contribution in [0, 0.1) is 0 Å². The average molecular weight is 757 g/mol. The molecule has 0 saturated carbocycles. The van der Waals surface area contributed by atoms with Crippen molar-refractivity contribution >= 4 is 80.6 Å². The van der Waals surface area contributed by atoms with E-state index < -0.39 is 15.8 Å². The third-order valence-electron chi connectivity index (χ3n) is 6.37. The van der Waals surface area contributed by atoms with Gasteiger partial charge in [0.15, 0.2) is 0 Å². The fourth-order valence-corrected chi connectivity index (χ4v) is 9.78. The summed E-state index contributed by atoms with van der Waals surface area (Å²) in [6.45, 7) is 6.50. The molecular weight excluding hydrogens is 722 g/mol. The predicted molar refractivity (Wildman–Crippen MR) is 198 cm³/mol. The molecule has 0 amide bonds. The Bertz CT molecular complexity index is 1240. The first-order chi connectivity index (χ1) is 22.3. The van der Waals surface area contributed by atoms with Crippen LogP contribution < -0.4 is 31.8 Å². The molecule has 0 aliphatic rings. The van der Waals surface area contributed by atoms with E-state index in [2.05, 4.69) is 196 Å². The maximum absolute atomic E-state index is 7.75. The molecule has 0 aliphatic heterocycles. The summed E-state index contributed by atoms with van der Waals surface area (Å²) in [5.74, 6) is 0. The Morgan fingerprint density at radius 1 is 0.311 bits per heavy atom. The summed E-state index contributed by atoms with van der Waals surface area (Å²) < 4.78 is 0. The van der Waals surface area contributed by atoms with Gasteiger partial charge in [-0.1, -0.05) is 109 Å². The number of carbonyl (C=O) groups excluding carboxylic acids is 2. The third kappa shape index (κ3) is 12.9. The summed E-state index contributed by atoms with van der Waals surface area (Å²) >= 11 is -0.346. The zero-order chi connectivity index (χ0) is 32.5. The van der Waals surface area contributed by atoms with E-state index in [4.69, 9.17) is 29.0 Å². The number of halogens is 2. The van der Waals surface area contributed by atoms with Crippen LogP contribution in [-0.2, 0) is 24.7 Å². The van der Waals surface area contributed by atoms with Gasteiger partial charge in [-0.25, -0.2) is 0 Å². The van der Waals surface area contributed by atoms with Gasteiger partial charge in [0, 0.05) is 0 Å². The molecular formula is C38H34Cl2O2P2Ru+2. The van der Waals surface area contributed by atoms with Crippen LogP contribution in [0.15, 0.2) is 182 Å². The molecule has 0 unspecified atom stereocenters. The first-order valence-corrected chi connectivity index (χ1v) is 21.2. The van der Waals surface area contributed by atoms with E-state index in [-0.39, 0.29) is 15.1 Å². The minimum Gasteiger partial charge on any atom is -0.0620 e. The molecule has 7 heteroatoms. The Kier molecular flexibility index (Phi) is 20.2. The maximum Gasteiger partial charge on any atom is 0.102 e. The Morgan fingerprint density at radius 3 is 0.533 bits per heavy atom. The van der Waals surface area contributed by atoms with Gasteiger partial charge in [-0.2, -0.15) is 0 Å². The summed E-state index contributed by atoms with van der Waals surface area (Å²) in [4.78, 5) is 15.5. The van der Waals surface area contributed by atoms with Crippen molar-refractivity contribution in [1.82, 2.24) is 0 Å². The first kappa shape index (κ1) is 37.9. The quantitative estimate of drug-likeness (QED) is 0.0782. The summed E-state index contributed by atoms with van der Waals surface area (Å²) in [7, 11) is 7.95. The van der Waals surface area contributed by atoms with Gasteiger partial charge in [0.25, 0.3) is 0 Å². The number of hydrogen-bond donors (Lipinski definition) is 0. The predicted octanol–water partition coefficient (Wildman–Crippen LogP) is 7.18. The van der Waals surface area contributed by atoms with Crippen LogP contribution in [0.5, 0.6) is 0 Å². The molecule has 0 spiro atoms. The molecule has 2 nitrogen and oxygen atoms in total. The Morgan fingerprint density at radius 2 is 0.422 bits per heavy atom. The molecule has 0 radical (unpaired) electrons. The molecule has 0 N–H and O–H groups in total. The number of benzene rings is 6. The van der Waals surface area contributed by atoms with E-state index in [9.17, 15) is 0 Å². The molecule has 228 valence electrons. The van der Waals surface area contributed by atoms with Crippen LogP contribution in [0.2, 0.25) is 0 Å². The Hall–Kier alpha value is -3.28. The second-order valence-electron chi connectivity index (χ2n) is 9.00. The molecule has 0 aliphatic carbocycles. The van der Waals surface area contributed by atoms with Crippen LogP contribution >= 0.6 is 35.2 Å². The fraction of sp³-hybridized carbons (Fsp3) is 0.